The van der Waals surface area contributed by atoms with E-state index in [-0.39, 0.29) is 24.5 Å². The van der Waals surface area contributed by atoms with E-state index in [0.717, 1.165) is 0 Å². The fourth-order valence-electron chi connectivity index (χ4n) is 1.78. The monoisotopic (exact) mass is 305 g/mol. The lowest BCUT2D eigenvalue weighted by Crippen LogP contribution is -2.44. The molecule has 0 aliphatic heterocycles. The Bertz CT molecular complexity index is 581. The molecule has 22 heavy (non-hydrogen) atoms. The molecular formula is C15H19N3O4. The van der Waals surface area contributed by atoms with Crippen molar-refractivity contribution in [2.75, 3.05) is 5.32 Å². The molecule has 0 saturated heterocycles. The largest absolute Gasteiger partial charge is 0.368 e. The number of ketones is 1. The molecule has 0 saturated carbocycles. The normalized spacial score (nSPS) is 11.4. The summed E-state index contributed by atoms with van der Waals surface area (Å²) >= 11 is 0. The van der Waals surface area contributed by atoms with Gasteiger partial charge < -0.3 is 21.2 Å². The van der Waals surface area contributed by atoms with Crippen molar-refractivity contribution in [2.24, 2.45) is 5.73 Å². The summed E-state index contributed by atoms with van der Waals surface area (Å²) in [7, 11) is 0. The summed E-state index contributed by atoms with van der Waals surface area (Å²) in [5.41, 5.74) is 6.10. The first-order valence-electron chi connectivity index (χ1n) is 6.77. The van der Waals surface area contributed by atoms with Crippen molar-refractivity contribution in [3.63, 3.8) is 0 Å². The Hall–Kier alpha value is -2.70. The fourth-order valence-corrected chi connectivity index (χ4v) is 1.78. The van der Waals surface area contributed by atoms with Gasteiger partial charge in [0, 0.05) is 24.6 Å². The molecular weight excluding hydrogens is 286 g/mol. The smallest absolute Gasteiger partial charge is 0.251 e. The maximum Gasteiger partial charge on any atom is 0.251 e. The molecule has 0 aliphatic carbocycles. The molecule has 0 fully saturated rings. The minimum Gasteiger partial charge on any atom is -0.368 e. The molecule has 0 heterocycles. The molecule has 0 unspecified atom stereocenters. The van der Waals surface area contributed by atoms with Crippen molar-refractivity contribution in [1.29, 1.82) is 0 Å². The molecule has 4 N–H and O–H groups in total. The summed E-state index contributed by atoms with van der Waals surface area (Å²) in [5, 5.41) is 5.08. The highest BCUT2D eigenvalue weighted by Gasteiger charge is 2.19. The third-order valence-electron chi connectivity index (χ3n) is 2.90. The number of nitrogens with one attached hydrogen (secondary N) is 2. The second kappa shape index (κ2) is 7.92. The molecule has 1 atom stereocenters. The molecule has 1 rings (SSSR count). The van der Waals surface area contributed by atoms with Gasteiger partial charge in [-0.25, -0.2) is 0 Å². The average Bonchev–Trinajstić information content (AvgIpc) is 2.42. The highest BCUT2D eigenvalue weighted by Crippen LogP contribution is 2.10. The van der Waals surface area contributed by atoms with E-state index in [1.165, 1.54) is 26.0 Å². The van der Waals surface area contributed by atoms with Crippen molar-refractivity contribution in [2.45, 2.75) is 32.7 Å². The van der Waals surface area contributed by atoms with E-state index in [0.29, 0.717) is 11.3 Å². The van der Waals surface area contributed by atoms with Crippen LogP contribution in [0.25, 0.3) is 0 Å². The number of Topliss-reactive ketones (excluding diaryl/α,β-unsaturated/α-hetero) is 1. The van der Waals surface area contributed by atoms with Gasteiger partial charge in [0.1, 0.15) is 11.8 Å². The first-order valence-corrected chi connectivity index (χ1v) is 6.77. The average molecular weight is 305 g/mol. The Labute approximate surface area is 128 Å². The van der Waals surface area contributed by atoms with Crippen LogP contribution in [0.15, 0.2) is 24.3 Å². The van der Waals surface area contributed by atoms with E-state index < -0.39 is 17.9 Å². The Kier molecular flexibility index (Phi) is 6.25. The van der Waals surface area contributed by atoms with Gasteiger partial charge in [-0.05, 0) is 37.6 Å². The van der Waals surface area contributed by atoms with E-state index in [9.17, 15) is 19.2 Å². The molecule has 0 aliphatic rings. The van der Waals surface area contributed by atoms with Gasteiger partial charge >= 0.3 is 0 Å². The Morgan fingerprint density at radius 1 is 1.09 bits per heavy atom. The van der Waals surface area contributed by atoms with Crippen LogP contribution in [0, 0.1) is 0 Å². The van der Waals surface area contributed by atoms with Gasteiger partial charge in [-0.2, -0.15) is 0 Å². The standard InChI is InChI=1S/C15H19N3O4/c1-9(19)3-8-13(14(16)21)18-15(22)11-4-6-12(7-5-11)17-10(2)20/h4-7,13H,3,8H2,1-2H3,(H2,16,21)(H,17,20)(H,18,22)/t13-/m1/s1. The molecule has 3 amide bonds. The maximum atomic E-state index is 12.0. The molecule has 7 nitrogen and oxygen atoms in total. The number of amides is 3. The lowest BCUT2D eigenvalue weighted by molar-refractivity contribution is -0.120. The van der Waals surface area contributed by atoms with Gasteiger partial charge in [0.2, 0.25) is 11.8 Å². The predicted molar refractivity (Wildman–Crippen MR) is 81.1 cm³/mol. The number of nitrogens with two attached hydrogens (primary N) is 1. The summed E-state index contributed by atoms with van der Waals surface area (Å²) in [4.78, 5) is 45.2. The number of rotatable bonds is 7. The van der Waals surface area contributed by atoms with E-state index in [2.05, 4.69) is 10.6 Å². The summed E-state index contributed by atoms with van der Waals surface area (Å²) in [5.74, 6) is -1.46. The molecule has 1 aromatic carbocycles. The highest BCUT2D eigenvalue weighted by molar-refractivity contribution is 5.98. The zero-order valence-electron chi connectivity index (χ0n) is 12.5. The van der Waals surface area contributed by atoms with Crippen LogP contribution in [0.4, 0.5) is 5.69 Å². The van der Waals surface area contributed by atoms with Crippen LogP contribution in [0.1, 0.15) is 37.0 Å². The van der Waals surface area contributed by atoms with E-state index in [1.807, 2.05) is 0 Å². The van der Waals surface area contributed by atoms with E-state index in [4.69, 9.17) is 5.73 Å². The van der Waals surface area contributed by atoms with Crippen LogP contribution in [0.3, 0.4) is 0 Å². The summed E-state index contributed by atoms with van der Waals surface area (Å²) < 4.78 is 0. The van der Waals surface area contributed by atoms with Crippen LogP contribution >= 0.6 is 0 Å². The number of hydrogen-bond acceptors (Lipinski definition) is 4. The van der Waals surface area contributed by atoms with Crippen molar-refractivity contribution in [1.82, 2.24) is 5.32 Å². The third-order valence-corrected chi connectivity index (χ3v) is 2.90. The van der Waals surface area contributed by atoms with Gasteiger partial charge in [0.05, 0.1) is 0 Å². The molecule has 1 aromatic rings. The topological polar surface area (TPSA) is 118 Å². The second-order valence-electron chi connectivity index (χ2n) is 4.93. The predicted octanol–water partition coefficient (Wildman–Crippen LogP) is 0.598. The molecule has 0 radical (unpaired) electrons. The van der Waals surface area contributed by atoms with Crippen LogP contribution in [-0.4, -0.2) is 29.5 Å². The first-order chi connectivity index (χ1) is 10.3. The maximum absolute atomic E-state index is 12.0. The second-order valence-corrected chi connectivity index (χ2v) is 4.93. The Morgan fingerprint density at radius 3 is 2.14 bits per heavy atom. The lowest BCUT2D eigenvalue weighted by Gasteiger charge is -2.15. The van der Waals surface area contributed by atoms with Crippen molar-refractivity contribution in [3.05, 3.63) is 29.8 Å². The number of carbonyl (C=O) groups is 4. The van der Waals surface area contributed by atoms with Gasteiger partial charge in [0.25, 0.3) is 5.91 Å². The number of carbonyl (C=O) groups excluding carboxylic acids is 4. The van der Waals surface area contributed by atoms with Gasteiger partial charge in [-0.15, -0.1) is 0 Å². The van der Waals surface area contributed by atoms with Gasteiger partial charge in [0.15, 0.2) is 0 Å². The van der Waals surface area contributed by atoms with Crippen molar-refractivity contribution in [3.8, 4) is 0 Å². The molecule has 118 valence electrons. The summed E-state index contributed by atoms with van der Waals surface area (Å²) in [6.07, 6.45) is 0.329. The van der Waals surface area contributed by atoms with Crippen LogP contribution in [-0.2, 0) is 14.4 Å². The first kappa shape index (κ1) is 17.4. The van der Waals surface area contributed by atoms with E-state index in [1.54, 1.807) is 12.1 Å². The van der Waals surface area contributed by atoms with Crippen LogP contribution < -0.4 is 16.4 Å². The number of hydrogen-bond donors (Lipinski definition) is 3. The number of primary amides is 1. The highest BCUT2D eigenvalue weighted by atomic mass is 16.2. The third kappa shape index (κ3) is 5.74. The molecule has 0 spiro atoms. The van der Waals surface area contributed by atoms with Crippen molar-refractivity contribution < 1.29 is 19.2 Å². The number of anilines is 1. The van der Waals surface area contributed by atoms with Crippen LogP contribution in [0.2, 0.25) is 0 Å². The minimum absolute atomic E-state index is 0.0832. The van der Waals surface area contributed by atoms with Gasteiger partial charge in [-0.3, -0.25) is 14.4 Å². The van der Waals surface area contributed by atoms with Crippen LogP contribution in [0.5, 0.6) is 0 Å². The SMILES string of the molecule is CC(=O)CC[C@@H](NC(=O)c1ccc(NC(C)=O)cc1)C(N)=O. The quantitative estimate of drug-likeness (QED) is 0.683. The van der Waals surface area contributed by atoms with E-state index >= 15 is 0 Å². The molecule has 7 heteroatoms. The molecule has 0 aromatic heterocycles. The van der Waals surface area contributed by atoms with Gasteiger partial charge in [-0.1, -0.05) is 0 Å². The lowest BCUT2D eigenvalue weighted by atomic mass is 10.1. The zero-order valence-corrected chi connectivity index (χ0v) is 12.5. The summed E-state index contributed by atoms with van der Waals surface area (Å²) in [6.45, 7) is 2.79. The molecule has 0 bridgehead atoms. The Morgan fingerprint density at radius 2 is 1.68 bits per heavy atom. The fraction of sp³-hybridized carbons (Fsp3) is 0.333. The zero-order chi connectivity index (χ0) is 16.7. The Balaban J connectivity index is 2.71. The summed E-state index contributed by atoms with van der Waals surface area (Å²) in [6, 6.07) is 5.29. The minimum atomic E-state index is -0.897. The number of benzene rings is 1. The van der Waals surface area contributed by atoms with Crippen molar-refractivity contribution >= 4 is 29.2 Å².